The fourth-order valence-corrected chi connectivity index (χ4v) is 0.354. The summed E-state index contributed by atoms with van der Waals surface area (Å²) in [5.74, 6) is 0. The monoisotopic (exact) mass is 618 g/mol. The van der Waals surface area contributed by atoms with Gasteiger partial charge in [-0.25, -0.2) is 0 Å². The number of hydrogen-bond acceptors (Lipinski definition) is 3. The molecule has 0 atom stereocenters. The number of aromatic nitrogens is 2. The Kier molecular flexibility index (Phi) is 97.6. The van der Waals surface area contributed by atoms with E-state index in [-0.39, 0.29) is 196 Å². The summed E-state index contributed by atoms with van der Waals surface area (Å²) in [4.78, 5) is 3.50. The van der Waals surface area contributed by atoms with Crippen LogP contribution in [0.1, 0.15) is 0 Å². The maximum atomic E-state index is 3.53. The van der Waals surface area contributed by atoms with E-state index in [1.807, 2.05) is 0 Å². The first-order chi connectivity index (χ1) is 2.50. The van der Waals surface area contributed by atoms with Crippen molar-refractivity contribution in [2.45, 2.75) is 0 Å². The largest absolute Gasteiger partial charge is 0.427 e. The van der Waals surface area contributed by atoms with Crippen molar-refractivity contribution in [3.63, 3.8) is 0 Å². The fraction of sp³-hybridized carbons (Fsp3) is 0. The third-order valence-electron chi connectivity index (χ3n) is 0.251. The van der Waals surface area contributed by atoms with E-state index in [0.717, 1.165) is 0 Å². The molecule has 0 amide bonds. The minimum atomic E-state index is 0. The van der Waals surface area contributed by atoms with Crippen LogP contribution in [-0.2, 0) is 196 Å². The first-order valence-corrected chi connectivity index (χ1v) is 1.96. The zero-order valence-corrected chi connectivity index (χ0v) is 23.7. The Hall–Kier alpha value is 6.18. The van der Waals surface area contributed by atoms with Crippen molar-refractivity contribution >= 4 is 11.5 Å². The van der Waals surface area contributed by atoms with Gasteiger partial charge in [-0.3, -0.25) is 0 Å². The van der Waals surface area contributed by atoms with Gasteiger partial charge in [0.05, 0.1) is 0 Å². The normalized spacial score (nSPS) is 3.64. The van der Waals surface area contributed by atoms with Crippen LogP contribution in [0.4, 0.5) is 0 Å². The van der Waals surface area contributed by atoms with Gasteiger partial charge in [-0.2, -0.15) is 0 Å². The van der Waals surface area contributed by atoms with Gasteiger partial charge in [0.15, 0.2) is 0 Å². The summed E-state index contributed by atoms with van der Waals surface area (Å²) in [6.07, 6.45) is 2.38. The van der Waals surface area contributed by atoms with E-state index in [1.165, 1.54) is 11.5 Å². The Morgan fingerprint density at radius 3 is 1.45 bits per heavy atom. The molecule has 1 aromatic rings. The summed E-state index contributed by atoms with van der Waals surface area (Å²) < 4.78 is 3.53. The number of rotatable bonds is 0. The van der Waals surface area contributed by atoms with Crippen LogP contribution in [0.25, 0.3) is 0 Å². The average molecular weight is 619 g/mol. The SMILES string of the molecule is [Y].[Y].[Y].[Y].[Y].[Y].[c-]1ncsn1. The van der Waals surface area contributed by atoms with E-state index in [2.05, 4.69) is 15.7 Å². The van der Waals surface area contributed by atoms with Crippen LogP contribution >= 0.6 is 11.5 Å². The van der Waals surface area contributed by atoms with Gasteiger partial charge in [-0.05, 0) is 6.33 Å². The molecule has 9 heteroatoms. The maximum absolute atomic E-state index is 3.53. The summed E-state index contributed by atoms with van der Waals surface area (Å²) in [5, 5.41) is 0. The molecular formula is C2HN2SY6-. The van der Waals surface area contributed by atoms with E-state index in [9.17, 15) is 0 Å². The number of nitrogens with zero attached hydrogens (tertiary/aromatic N) is 2. The first kappa shape index (κ1) is 36.0. The predicted molar refractivity (Wildman–Crippen MR) is 18.7 cm³/mol. The van der Waals surface area contributed by atoms with Crippen molar-refractivity contribution in [3.05, 3.63) is 11.8 Å². The zero-order valence-electron chi connectivity index (χ0n) is 5.84. The zero-order chi connectivity index (χ0) is 3.54. The number of hydrogen-bond donors (Lipinski definition) is 0. The molecule has 0 N–H and O–H groups in total. The Labute approximate surface area is 222 Å². The van der Waals surface area contributed by atoms with Gasteiger partial charge < -0.3 is 9.36 Å². The molecule has 1 heterocycles. The van der Waals surface area contributed by atoms with Crippen LogP contribution < -0.4 is 0 Å². The quantitative estimate of drug-likeness (QED) is 0.392. The molecule has 0 spiro atoms. The molecule has 1 rings (SSSR count). The Balaban J connectivity index is -0.0000000104. The molecule has 44 valence electrons. The van der Waals surface area contributed by atoms with Gasteiger partial charge in [-0.1, -0.05) is 5.51 Å². The summed E-state index contributed by atoms with van der Waals surface area (Å²) in [6, 6.07) is 0. The molecule has 0 aliphatic heterocycles. The maximum Gasteiger partial charge on any atom is 0 e. The van der Waals surface area contributed by atoms with Crippen LogP contribution in [0.3, 0.4) is 0 Å². The van der Waals surface area contributed by atoms with E-state index in [1.54, 1.807) is 5.51 Å². The van der Waals surface area contributed by atoms with Crippen LogP contribution in [-0.4, -0.2) is 9.36 Å². The Morgan fingerprint density at radius 2 is 1.36 bits per heavy atom. The summed E-state index contributed by atoms with van der Waals surface area (Å²) in [6.45, 7) is 0. The molecule has 0 bridgehead atoms. The van der Waals surface area contributed by atoms with Gasteiger partial charge in [0.2, 0.25) is 0 Å². The van der Waals surface area contributed by atoms with Gasteiger partial charge >= 0.3 is 0 Å². The van der Waals surface area contributed by atoms with E-state index >= 15 is 0 Å². The third-order valence-corrected chi connectivity index (χ3v) is 0.638. The van der Waals surface area contributed by atoms with Crippen LogP contribution in [0.5, 0.6) is 0 Å². The van der Waals surface area contributed by atoms with Gasteiger partial charge in [-0.15, -0.1) is 11.5 Å². The topological polar surface area (TPSA) is 25.8 Å². The summed E-state index contributed by atoms with van der Waals surface area (Å²) >= 11 is 1.30. The second-order valence-corrected chi connectivity index (χ2v) is 1.14. The summed E-state index contributed by atoms with van der Waals surface area (Å²) in [7, 11) is 0. The van der Waals surface area contributed by atoms with E-state index in [4.69, 9.17) is 0 Å². The second kappa shape index (κ2) is 29.8. The van der Waals surface area contributed by atoms with Gasteiger partial charge in [0, 0.05) is 196 Å². The van der Waals surface area contributed by atoms with Crippen LogP contribution in [0.15, 0.2) is 5.51 Å². The molecule has 0 aliphatic rings. The third kappa shape index (κ3) is 26.0. The van der Waals surface area contributed by atoms with Gasteiger partial charge in [0.25, 0.3) is 0 Å². The van der Waals surface area contributed by atoms with E-state index < -0.39 is 0 Å². The molecule has 0 saturated carbocycles. The molecular weight excluding hydrogens is 618 g/mol. The Morgan fingerprint density at radius 1 is 0.909 bits per heavy atom. The van der Waals surface area contributed by atoms with Crippen molar-refractivity contribution < 1.29 is 196 Å². The van der Waals surface area contributed by atoms with Crippen molar-refractivity contribution in [3.8, 4) is 0 Å². The molecule has 6 radical (unpaired) electrons. The smallest absolute Gasteiger partial charge is 0 e. The molecule has 11 heavy (non-hydrogen) atoms. The predicted octanol–water partition coefficient (Wildman–Crippen LogP) is 0.323. The van der Waals surface area contributed by atoms with Gasteiger partial charge in [0.1, 0.15) is 0 Å². The van der Waals surface area contributed by atoms with Crippen molar-refractivity contribution in [2.75, 3.05) is 0 Å². The molecule has 0 aliphatic carbocycles. The summed E-state index contributed by atoms with van der Waals surface area (Å²) in [5.41, 5.74) is 1.62. The molecule has 1 aromatic heterocycles. The molecule has 0 saturated heterocycles. The van der Waals surface area contributed by atoms with Crippen LogP contribution in [0.2, 0.25) is 0 Å². The fourth-order valence-electron chi connectivity index (χ4n) is 0.118. The van der Waals surface area contributed by atoms with Crippen molar-refractivity contribution in [2.24, 2.45) is 0 Å². The van der Waals surface area contributed by atoms with Crippen molar-refractivity contribution in [1.82, 2.24) is 9.36 Å². The molecule has 0 aromatic carbocycles. The molecule has 0 fully saturated rings. The molecule has 0 unspecified atom stereocenters. The van der Waals surface area contributed by atoms with E-state index in [0.29, 0.717) is 0 Å². The minimum Gasteiger partial charge on any atom is -0.427 e. The van der Waals surface area contributed by atoms with Crippen LogP contribution in [0, 0.1) is 6.33 Å². The van der Waals surface area contributed by atoms with Crippen molar-refractivity contribution in [1.29, 1.82) is 0 Å². The second-order valence-electron chi connectivity index (χ2n) is 0.531. The molecule has 2 nitrogen and oxygen atoms in total. The average Bonchev–Trinajstić information content (AvgIpc) is 1.76. The standard InChI is InChI=1S/C2HN2S.6Y/c1-3-2-5-4-1;;;;;;/h2H;;;;;;/q-1;;;;;;. The Bertz CT molecular complexity index is 75.1. The first-order valence-electron chi connectivity index (χ1n) is 1.12. The minimum absolute atomic E-state index is 0.